The molecule has 12 heavy (non-hydrogen) atoms. The van der Waals surface area contributed by atoms with E-state index < -0.39 is 0 Å². The van der Waals surface area contributed by atoms with Crippen LogP contribution in [0, 0.1) is 0 Å². The zero-order valence-electron chi connectivity index (χ0n) is 7.53. The van der Waals surface area contributed by atoms with Crippen molar-refractivity contribution in [3.05, 3.63) is 42.5 Å². The van der Waals surface area contributed by atoms with Gasteiger partial charge in [-0.05, 0) is 32.1 Å². The van der Waals surface area contributed by atoms with Crippen LogP contribution >= 0.6 is 0 Å². The van der Waals surface area contributed by atoms with Gasteiger partial charge in [-0.25, -0.2) is 0 Å². The van der Waals surface area contributed by atoms with Gasteiger partial charge in [-0.3, -0.25) is 0 Å². The molecule has 0 fully saturated rings. The number of hydrogen-bond donors (Lipinski definition) is 0. The van der Waals surface area contributed by atoms with Crippen LogP contribution in [0.3, 0.4) is 0 Å². The van der Waals surface area contributed by atoms with Crippen LogP contribution < -0.4 is 4.74 Å². The predicted octanol–water partition coefficient (Wildman–Crippen LogP) is 3.03. The number of hydrogen-bond acceptors (Lipinski definition) is 1. The van der Waals surface area contributed by atoms with Crippen molar-refractivity contribution in [2.24, 2.45) is 0 Å². The molecular formula is C11H14O. The Hall–Kier alpha value is -1.24. The SMILES string of the molecule is C/C=C/C(C)Oc1ccccc1. The fraction of sp³-hybridized carbons (Fsp3) is 0.273. The van der Waals surface area contributed by atoms with Gasteiger partial charge in [-0.2, -0.15) is 0 Å². The summed E-state index contributed by atoms with van der Waals surface area (Å²) in [6.07, 6.45) is 4.16. The molecule has 1 rings (SSSR count). The van der Waals surface area contributed by atoms with E-state index >= 15 is 0 Å². The lowest BCUT2D eigenvalue weighted by Crippen LogP contribution is -2.07. The van der Waals surface area contributed by atoms with E-state index in [1.165, 1.54) is 0 Å². The molecule has 1 atom stereocenters. The molecule has 0 aliphatic carbocycles. The molecule has 1 heteroatoms. The molecule has 1 aromatic rings. The Balaban J connectivity index is 2.52. The fourth-order valence-corrected chi connectivity index (χ4v) is 1.02. The van der Waals surface area contributed by atoms with E-state index in [-0.39, 0.29) is 6.10 Å². The number of para-hydroxylation sites is 1. The molecule has 0 N–H and O–H groups in total. The Morgan fingerprint density at radius 2 is 1.92 bits per heavy atom. The fourth-order valence-electron chi connectivity index (χ4n) is 1.02. The van der Waals surface area contributed by atoms with Gasteiger partial charge in [0.2, 0.25) is 0 Å². The lowest BCUT2D eigenvalue weighted by Gasteiger charge is -2.09. The van der Waals surface area contributed by atoms with Gasteiger partial charge >= 0.3 is 0 Å². The molecule has 0 aromatic heterocycles. The first-order valence-corrected chi connectivity index (χ1v) is 4.17. The van der Waals surface area contributed by atoms with Gasteiger partial charge in [0.05, 0.1) is 0 Å². The second kappa shape index (κ2) is 4.60. The second-order valence-corrected chi connectivity index (χ2v) is 2.66. The van der Waals surface area contributed by atoms with Crippen LogP contribution in [0.2, 0.25) is 0 Å². The van der Waals surface area contributed by atoms with Crippen molar-refractivity contribution in [3.8, 4) is 5.75 Å². The lowest BCUT2D eigenvalue weighted by atomic mass is 10.3. The monoisotopic (exact) mass is 162 g/mol. The minimum atomic E-state index is 0.150. The third-order valence-corrected chi connectivity index (χ3v) is 1.53. The summed E-state index contributed by atoms with van der Waals surface area (Å²) in [5.41, 5.74) is 0. The summed E-state index contributed by atoms with van der Waals surface area (Å²) >= 11 is 0. The Labute approximate surface area is 73.7 Å². The first kappa shape index (κ1) is 8.85. The minimum Gasteiger partial charge on any atom is -0.487 e. The Morgan fingerprint density at radius 3 is 2.50 bits per heavy atom. The molecule has 0 saturated heterocycles. The van der Waals surface area contributed by atoms with Gasteiger partial charge in [-0.1, -0.05) is 24.3 Å². The normalized spacial score (nSPS) is 13.2. The molecule has 0 bridgehead atoms. The van der Waals surface area contributed by atoms with Crippen LogP contribution in [0.25, 0.3) is 0 Å². The molecule has 0 spiro atoms. The second-order valence-electron chi connectivity index (χ2n) is 2.66. The van der Waals surface area contributed by atoms with Crippen LogP contribution in [-0.2, 0) is 0 Å². The lowest BCUT2D eigenvalue weighted by molar-refractivity contribution is 0.269. The molecule has 1 aromatic carbocycles. The van der Waals surface area contributed by atoms with E-state index in [0.29, 0.717) is 0 Å². The van der Waals surface area contributed by atoms with Crippen molar-refractivity contribution in [3.63, 3.8) is 0 Å². The third-order valence-electron chi connectivity index (χ3n) is 1.53. The van der Waals surface area contributed by atoms with Crippen LogP contribution in [-0.4, -0.2) is 6.10 Å². The molecule has 0 radical (unpaired) electrons. The molecule has 0 amide bonds. The number of rotatable bonds is 3. The zero-order chi connectivity index (χ0) is 8.81. The van der Waals surface area contributed by atoms with Crippen molar-refractivity contribution < 1.29 is 4.74 Å². The highest BCUT2D eigenvalue weighted by Gasteiger charge is 1.96. The van der Waals surface area contributed by atoms with Crippen molar-refractivity contribution in [1.82, 2.24) is 0 Å². The van der Waals surface area contributed by atoms with E-state index in [1.54, 1.807) is 0 Å². The number of benzene rings is 1. The highest BCUT2D eigenvalue weighted by Crippen LogP contribution is 2.10. The quantitative estimate of drug-likeness (QED) is 0.621. The summed E-state index contributed by atoms with van der Waals surface area (Å²) in [6.45, 7) is 4.01. The summed E-state index contributed by atoms with van der Waals surface area (Å²) in [5, 5.41) is 0. The van der Waals surface area contributed by atoms with Crippen molar-refractivity contribution in [1.29, 1.82) is 0 Å². The first-order valence-electron chi connectivity index (χ1n) is 4.17. The van der Waals surface area contributed by atoms with Gasteiger partial charge in [0, 0.05) is 0 Å². The molecule has 1 nitrogen and oxygen atoms in total. The topological polar surface area (TPSA) is 9.23 Å². The van der Waals surface area contributed by atoms with E-state index in [4.69, 9.17) is 4.74 Å². The van der Waals surface area contributed by atoms with Gasteiger partial charge in [-0.15, -0.1) is 0 Å². The molecule has 0 heterocycles. The summed E-state index contributed by atoms with van der Waals surface area (Å²) in [7, 11) is 0. The van der Waals surface area contributed by atoms with Gasteiger partial charge < -0.3 is 4.74 Å². The standard InChI is InChI=1S/C11H14O/c1-3-7-10(2)12-11-8-5-4-6-9-11/h3-10H,1-2H3/b7-3+. The van der Waals surface area contributed by atoms with E-state index in [2.05, 4.69) is 0 Å². The predicted molar refractivity (Wildman–Crippen MR) is 51.3 cm³/mol. The molecule has 64 valence electrons. The average Bonchev–Trinajstić information content (AvgIpc) is 2.06. The first-order chi connectivity index (χ1) is 5.83. The maximum Gasteiger partial charge on any atom is 0.120 e. The Kier molecular flexibility index (Phi) is 3.39. The molecule has 0 saturated carbocycles. The number of ether oxygens (including phenoxy) is 1. The summed E-state index contributed by atoms with van der Waals surface area (Å²) in [4.78, 5) is 0. The van der Waals surface area contributed by atoms with Crippen molar-refractivity contribution in [2.75, 3.05) is 0 Å². The molecule has 0 aliphatic rings. The van der Waals surface area contributed by atoms with Gasteiger partial charge in [0.15, 0.2) is 0 Å². The largest absolute Gasteiger partial charge is 0.487 e. The van der Waals surface area contributed by atoms with Gasteiger partial charge in [0.1, 0.15) is 11.9 Å². The highest BCUT2D eigenvalue weighted by molar-refractivity contribution is 5.21. The highest BCUT2D eigenvalue weighted by atomic mass is 16.5. The van der Waals surface area contributed by atoms with Gasteiger partial charge in [0.25, 0.3) is 0 Å². The zero-order valence-corrected chi connectivity index (χ0v) is 7.53. The Morgan fingerprint density at radius 1 is 1.25 bits per heavy atom. The van der Waals surface area contributed by atoms with Crippen LogP contribution in [0.5, 0.6) is 5.75 Å². The Bertz CT molecular complexity index is 238. The van der Waals surface area contributed by atoms with E-state index in [9.17, 15) is 0 Å². The maximum atomic E-state index is 5.57. The van der Waals surface area contributed by atoms with Crippen LogP contribution in [0.1, 0.15) is 13.8 Å². The third kappa shape index (κ3) is 2.79. The number of allylic oxidation sites excluding steroid dienone is 1. The van der Waals surface area contributed by atoms with Crippen LogP contribution in [0.4, 0.5) is 0 Å². The molecule has 0 aliphatic heterocycles. The minimum absolute atomic E-state index is 0.150. The molecular weight excluding hydrogens is 148 g/mol. The van der Waals surface area contributed by atoms with Crippen molar-refractivity contribution in [2.45, 2.75) is 20.0 Å². The van der Waals surface area contributed by atoms with Crippen molar-refractivity contribution >= 4 is 0 Å². The smallest absolute Gasteiger partial charge is 0.120 e. The summed E-state index contributed by atoms with van der Waals surface area (Å²) in [5.74, 6) is 0.920. The molecule has 1 unspecified atom stereocenters. The van der Waals surface area contributed by atoms with Crippen LogP contribution in [0.15, 0.2) is 42.5 Å². The average molecular weight is 162 g/mol. The summed E-state index contributed by atoms with van der Waals surface area (Å²) in [6, 6.07) is 9.84. The summed E-state index contributed by atoms with van der Waals surface area (Å²) < 4.78 is 5.57. The van der Waals surface area contributed by atoms with E-state index in [0.717, 1.165) is 5.75 Å². The van der Waals surface area contributed by atoms with E-state index in [1.807, 2.05) is 56.3 Å². The maximum absolute atomic E-state index is 5.57.